The Morgan fingerprint density at radius 3 is 2.63 bits per heavy atom. The minimum absolute atomic E-state index is 0.547. The maximum atomic E-state index is 5.46. The van der Waals surface area contributed by atoms with Crippen LogP contribution in [0.25, 0.3) is 0 Å². The van der Waals surface area contributed by atoms with Crippen molar-refractivity contribution in [3.05, 3.63) is 0 Å². The van der Waals surface area contributed by atoms with Gasteiger partial charge in [-0.2, -0.15) is 0 Å². The van der Waals surface area contributed by atoms with Crippen LogP contribution in [0.4, 0.5) is 0 Å². The smallest absolute Gasteiger partial charge is 0.0594 e. The van der Waals surface area contributed by atoms with Crippen LogP contribution in [0.2, 0.25) is 0 Å². The molecule has 0 saturated carbocycles. The highest BCUT2D eigenvalue weighted by atomic mass is 16.5. The van der Waals surface area contributed by atoms with E-state index in [1.165, 1.54) is 52.0 Å². The van der Waals surface area contributed by atoms with Crippen LogP contribution in [0.1, 0.15) is 26.2 Å². The highest BCUT2D eigenvalue weighted by Gasteiger charge is 2.34. The molecule has 3 saturated heterocycles. The van der Waals surface area contributed by atoms with Gasteiger partial charge in [0.1, 0.15) is 0 Å². The van der Waals surface area contributed by atoms with Crippen molar-refractivity contribution in [2.24, 2.45) is 5.41 Å². The number of nitrogens with one attached hydrogen (secondary N) is 1. The molecule has 4 nitrogen and oxygen atoms in total. The summed E-state index contributed by atoms with van der Waals surface area (Å²) in [4.78, 5) is 5.36. The normalized spacial score (nSPS) is 33.6. The highest BCUT2D eigenvalue weighted by molar-refractivity contribution is 4.89. The Morgan fingerprint density at radius 1 is 1.16 bits per heavy atom. The van der Waals surface area contributed by atoms with E-state index in [9.17, 15) is 0 Å². The van der Waals surface area contributed by atoms with Gasteiger partial charge in [-0.3, -0.25) is 4.90 Å². The van der Waals surface area contributed by atoms with Crippen LogP contribution >= 0.6 is 0 Å². The third kappa shape index (κ3) is 3.48. The van der Waals surface area contributed by atoms with Crippen molar-refractivity contribution in [1.82, 2.24) is 15.1 Å². The monoisotopic (exact) mass is 267 g/mol. The molecule has 1 N–H and O–H groups in total. The third-order valence-corrected chi connectivity index (χ3v) is 5.23. The van der Waals surface area contributed by atoms with E-state index in [0.717, 1.165) is 32.3 Å². The zero-order valence-electron chi connectivity index (χ0n) is 12.4. The van der Waals surface area contributed by atoms with Crippen molar-refractivity contribution in [3.63, 3.8) is 0 Å². The van der Waals surface area contributed by atoms with Gasteiger partial charge in [0.05, 0.1) is 13.2 Å². The van der Waals surface area contributed by atoms with E-state index in [4.69, 9.17) is 4.74 Å². The first kappa shape index (κ1) is 13.8. The minimum Gasteiger partial charge on any atom is -0.379 e. The van der Waals surface area contributed by atoms with Gasteiger partial charge in [-0.1, -0.05) is 6.92 Å². The van der Waals surface area contributed by atoms with Gasteiger partial charge in [-0.25, -0.2) is 0 Å². The maximum absolute atomic E-state index is 5.46. The molecule has 1 atom stereocenters. The number of nitrogens with zero attached hydrogens (tertiary/aromatic N) is 2. The third-order valence-electron chi connectivity index (χ3n) is 5.23. The lowest BCUT2D eigenvalue weighted by atomic mass is 9.80. The molecule has 3 fully saturated rings. The van der Waals surface area contributed by atoms with Crippen LogP contribution in [0, 0.1) is 5.41 Å². The van der Waals surface area contributed by atoms with E-state index in [1.807, 2.05) is 0 Å². The summed E-state index contributed by atoms with van der Waals surface area (Å²) in [5, 5.41) is 3.48. The predicted octanol–water partition coefficient (Wildman–Crippen LogP) is 0.783. The van der Waals surface area contributed by atoms with Gasteiger partial charge in [0.15, 0.2) is 0 Å². The summed E-state index contributed by atoms with van der Waals surface area (Å²) in [5.74, 6) is 0. The van der Waals surface area contributed by atoms with E-state index in [1.54, 1.807) is 0 Å². The number of piperidine rings is 1. The molecule has 0 radical (unpaired) electrons. The van der Waals surface area contributed by atoms with Crippen molar-refractivity contribution in [2.45, 2.75) is 32.2 Å². The predicted molar refractivity (Wildman–Crippen MR) is 77.4 cm³/mol. The number of hydrogen-bond acceptors (Lipinski definition) is 4. The summed E-state index contributed by atoms with van der Waals surface area (Å²) in [6.07, 6.45) is 4.03. The molecule has 0 aromatic carbocycles. The molecule has 1 unspecified atom stereocenters. The van der Waals surface area contributed by atoms with Crippen molar-refractivity contribution in [1.29, 1.82) is 0 Å². The second-order valence-corrected chi connectivity index (χ2v) is 6.89. The number of hydrogen-bond donors (Lipinski definition) is 1. The second-order valence-electron chi connectivity index (χ2n) is 6.89. The SMILES string of the molecule is CC1(CN2CCC(N3CCOCC3)C2)CCNCC1. The Balaban J connectivity index is 1.48. The maximum Gasteiger partial charge on any atom is 0.0594 e. The van der Waals surface area contributed by atoms with Gasteiger partial charge in [0.25, 0.3) is 0 Å². The average Bonchev–Trinajstić information content (AvgIpc) is 2.88. The number of likely N-dealkylation sites (tertiary alicyclic amines) is 1. The summed E-state index contributed by atoms with van der Waals surface area (Å²) in [5.41, 5.74) is 0.547. The van der Waals surface area contributed by atoms with E-state index in [2.05, 4.69) is 22.0 Å². The van der Waals surface area contributed by atoms with Crippen LogP contribution in [0.5, 0.6) is 0 Å². The molecule has 0 aromatic heterocycles. The summed E-state index contributed by atoms with van der Waals surface area (Å²) >= 11 is 0. The second kappa shape index (κ2) is 6.08. The molecule has 0 spiro atoms. The van der Waals surface area contributed by atoms with E-state index >= 15 is 0 Å². The first-order chi connectivity index (χ1) is 9.25. The molecule has 0 aliphatic carbocycles. The quantitative estimate of drug-likeness (QED) is 0.818. The van der Waals surface area contributed by atoms with Crippen LogP contribution < -0.4 is 5.32 Å². The van der Waals surface area contributed by atoms with Crippen molar-refractivity contribution < 1.29 is 4.74 Å². The highest BCUT2D eigenvalue weighted by Crippen LogP contribution is 2.30. The van der Waals surface area contributed by atoms with E-state index < -0.39 is 0 Å². The zero-order chi connectivity index (χ0) is 13.1. The first-order valence-corrected chi connectivity index (χ1v) is 8.00. The fourth-order valence-electron chi connectivity index (χ4n) is 3.92. The summed E-state index contributed by atoms with van der Waals surface area (Å²) in [6, 6.07) is 0.786. The minimum atomic E-state index is 0.547. The molecule has 3 heterocycles. The molecule has 3 aliphatic rings. The average molecular weight is 267 g/mol. The van der Waals surface area contributed by atoms with E-state index in [0.29, 0.717) is 5.41 Å². The summed E-state index contributed by atoms with van der Waals surface area (Å²) in [6.45, 7) is 12.9. The molecule has 110 valence electrons. The molecule has 19 heavy (non-hydrogen) atoms. The summed E-state index contributed by atoms with van der Waals surface area (Å²) < 4.78 is 5.46. The standard InChI is InChI=1S/C15H29N3O/c1-15(3-5-16-6-4-15)13-17-7-2-14(12-17)18-8-10-19-11-9-18/h14,16H,2-13H2,1H3. The van der Waals surface area contributed by atoms with Gasteiger partial charge in [-0.15, -0.1) is 0 Å². The van der Waals surface area contributed by atoms with Crippen LogP contribution in [-0.4, -0.2) is 74.9 Å². The molecular weight excluding hydrogens is 238 g/mol. The molecule has 0 amide bonds. The molecule has 3 aliphatic heterocycles. The largest absolute Gasteiger partial charge is 0.379 e. The zero-order valence-corrected chi connectivity index (χ0v) is 12.4. The van der Waals surface area contributed by atoms with Gasteiger partial charge >= 0.3 is 0 Å². The van der Waals surface area contributed by atoms with Crippen molar-refractivity contribution in [3.8, 4) is 0 Å². The lowest BCUT2D eigenvalue weighted by Crippen LogP contribution is -2.46. The Bertz CT molecular complexity index is 285. The number of morpholine rings is 1. The first-order valence-electron chi connectivity index (χ1n) is 8.00. The Labute approximate surface area is 117 Å². The topological polar surface area (TPSA) is 27.7 Å². The van der Waals surface area contributed by atoms with Gasteiger partial charge in [-0.05, 0) is 44.3 Å². The Hall–Kier alpha value is -0.160. The molecule has 4 heteroatoms. The number of ether oxygens (including phenoxy) is 1. The van der Waals surface area contributed by atoms with Gasteiger partial charge in [0.2, 0.25) is 0 Å². The van der Waals surface area contributed by atoms with E-state index in [-0.39, 0.29) is 0 Å². The molecule has 0 bridgehead atoms. The molecular formula is C15H29N3O. The van der Waals surface area contributed by atoms with Gasteiger partial charge < -0.3 is 15.0 Å². The molecule has 0 aromatic rings. The van der Waals surface area contributed by atoms with Crippen LogP contribution in [0.3, 0.4) is 0 Å². The lowest BCUT2D eigenvalue weighted by Gasteiger charge is -2.38. The fraction of sp³-hybridized carbons (Fsp3) is 1.00. The number of rotatable bonds is 3. The fourth-order valence-corrected chi connectivity index (χ4v) is 3.92. The summed E-state index contributed by atoms with van der Waals surface area (Å²) in [7, 11) is 0. The van der Waals surface area contributed by atoms with Crippen molar-refractivity contribution >= 4 is 0 Å². The molecule has 3 rings (SSSR count). The Kier molecular flexibility index (Phi) is 4.42. The van der Waals surface area contributed by atoms with Gasteiger partial charge in [0, 0.05) is 32.2 Å². The lowest BCUT2D eigenvalue weighted by molar-refractivity contribution is 0.0173. The van der Waals surface area contributed by atoms with Crippen LogP contribution in [0.15, 0.2) is 0 Å². The van der Waals surface area contributed by atoms with Crippen LogP contribution in [-0.2, 0) is 4.74 Å². The van der Waals surface area contributed by atoms with Crippen molar-refractivity contribution in [2.75, 3.05) is 59.0 Å². The Morgan fingerprint density at radius 2 is 1.89 bits per heavy atom.